The van der Waals surface area contributed by atoms with Crippen molar-refractivity contribution in [2.45, 2.75) is 69.1 Å². The highest BCUT2D eigenvalue weighted by Gasteiger charge is 2.39. The van der Waals surface area contributed by atoms with Crippen molar-refractivity contribution in [1.29, 1.82) is 0 Å². The summed E-state index contributed by atoms with van der Waals surface area (Å²) in [6.07, 6.45) is 9.01. The number of carbonyl (C=O) groups is 3. The summed E-state index contributed by atoms with van der Waals surface area (Å²) in [5.41, 5.74) is 13.5. The summed E-state index contributed by atoms with van der Waals surface area (Å²) >= 11 is 2.57. The van der Waals surface area contributed by atoms with Gasteiger partial charge in [-0.3, -0.25) is 14.6 Å². The number of primary amides is 1. The summed E-state index contributed by atoms with van der Waals surface area (Å²) in [5, 5.41) is 2.96. The summed E-state index contributed by atoms with van der Waals surface area (Å²) in [5.74, 6) is -1.54. The molecule has 5 N–H and O–H groups in total. The molecule has 2 heterocycles. The predicted molar refractivity (Wildman–Crippen MR) is 127 cm³/mol. The van der Waals surface area contributed by atoms with Gasteiger partial charge in [-0.05, 0) is 44.1 Å². The molecule has 4 rings (SSSR count). The first-order chi connectivity index (χ1) is 15.4. The first-order valence-electron chi connectivity index (χ1n) is 11.0. The summed E-state index contributed by atoms with van der Waals surface area (Å²) in [7, 11) is 1.33. The number of aliphatic imine (C=N–C) groups is 1. The predicted octanol–water partition coefficient (Wildman–Crippen LogP) is 2.90. The van der Waals surface area contributed by atoms with Crippen LogP contribution in [0.4, 0.5) is 5.00 Å². The maximum absolute atomic E-state index is 13.2. The highest BCUT2D eigenvalue weighted by molar-refractivity contribution is 8.16. The first kappa shape index (κ1) is 22.8. The average Bonchev–Trinajstić information content (AvgIpc) is 3.30. The Morgan fingerprint density at radius 2 is 1.81 bits per heavy atom. The van der Waals surface area contributed by atoms with Crippen LogP contribution >= 0.6 is 23.1 Å². The quantitative estimate of drug-likeness (QED) is 0.559. The highest BCUT2D eigenvalue weighted by atomic mass is 32.2. The molecular weight excluding hydrogens is 448 g/mol. The van der Waals surface area contributed by atoms with Gasteiger partial charge in [0, 0.05) is 10.6 Å². The smallest absolute Gasteiger partial charge is 0.341 e. The van der Waals surface area contributed by atoms with Gasteiger partial charge in [-0.2, -0.15) is 0 Å². The number of aryl methyl sites for hydroxylation is 1. The molecule has 0 bridgehead atoms. The van der Waals surface area contributed by atoms with Gasteiger partial charge in [-0.25, -0.2) is 4.79 Å². The molecule has 1 saturated carbocycles. The van der Waals surface area contributed by atoms with Crippen molar-refractivity contribution in [2.24, 2.45) is 16.5 Å². The lowest BCUT2D eigenvalue weighted by atomic mass is 9.95. The van der Waals surface area contributed by atoms with E-state index in [0.717, 1.165) is 73.6 Å². The number of nitrogens with zero attached hydrogens (tertiary/aromatic N) is 1. The Labute approximate surface area is 195 Å². The van der Waals surface area contributed by atoms with Gasteiger partial charge in [-0.1, -0.05) is 31.0 Å². The van der Waals surface area contributed by atoms with Crippen molar-refractivity contribution < 1.29 is 19.1 Å². The fourth-order valence-corrected chi connectivity index (χ4v) is 7.01. The second kappa shape index (κ2) is 9.66. The molecule has 1 aliphatic heterocycles. The molecule has 2 amide bonds. The van der Waals surface area contributed by atoms with Crippen LogP contribution in [0.5, 0.6) is 0 Å². The van der Waals surface area contributed by atoms with Crippen LogP contribution in [0.15, 0.2) is 16.3 Å². The number of ether oxygens (including phenoxy) is 1. The number of esters is 1. The summed E-state index contributed by atoms with van der Waals surface area (Å²) in [4.78, 5) is 43.6. The highest BCUT2D eigenvalue weighted by Crippen LogP contribution is 2.40. The number of rotatable bonds is 5. The minimum absolute atomic E-state index is 0.116. The Bertz CT molecular complexity index is 1010. The number of thioether (sulfide) groups is 1. The molecule has 0 unspecified atom stereocenters. The number of amides is 2. The van der Waals surface area contributed by atoms with Crippen molar-refractivity contribution in [1.82, 2.24) is 0 Å². The van der Waals surface area contributed by atoms with Crippen molar-refractivity contribution in [3.63, 3.8) is 0 Å². The molecule has 3 aliphatic rings. The van der Waals surface area contributed by atoms with E-state index in [4.69, 9.17) is 21.2 Å². The van der Waals surface area contributed by atoms with E-state index in [1.54, 1.807) is 0 Å². The van der Waals surface area contributed by atoms with Crippen molar-refractivity contribution >= 4 is 50.9 Å². The maximum Gasteiger partial charge on any atom is 0.341 e. The fourth-order valence-electron chi connectivity index (χ4n) is 4.55. The molecule has 0 aromatic carbocycles. The number of nitrogens with two attached hydrogens (primary N) is 2. The third-order valence-electron chi connectivity index (χ3n) is 6.17. The third kappa shape index (κ3) is 4.43. The standard InChI is InChI=1S/C22H28N4O4S2/c1-30-22(29)14-12-9-5-6-10-13(12)31-20(14)26-19(28)17-16(23)15(18(24)27)21(32-17)25-11-7-3-2-4-8-11/h11,17H,2-10,23H2,1H3,(H2,24,27)(H,26,28)/t17-/m1/s1. The van der Waals surface area contributed by atoms with Crippen LogP contribution in [0.25, 0.3) is 0 Å². The Kier molecular flexibility index (Phi) is 6.90. The molecule has 0 radical (unpaired) electrons. The number of hydrogen-bond acceptors (Lipinski definition) is 8. The lowest BCUT2D eigenvalue weighted by Crippen LogP contribution is -2.30. The lowest BCUT2D eigenvalue weighted by molar-refractivity contribution is -0.115. The first-order valence-corrected chi connectivity index (χ1v) is 12.7. The summed E-state index contributed by atoms with van der Waals surface area (Å²) in [6, 6.07) is 0.116. The van der Waals surface area contributed by atoms with Gasteiger partial charge >= 0.3 is 5.97 Å². The summed E-state index contributed by atoms with van der Waals surface area (Å²) in [6.45, 7) is 0. The second-order valence-electron chi connectivity index (χ2n) is 8.31. The van der Waals surface area contributed by atoms with E-state index in [2.05, 4.69) is 5.32 Å². The van der Waals surface area contributed by atoms with E-state index < -0.39 is 23.0 Å². The van der Waals surface area contributed by atoms with E-state index in [1.165, 1.54) is 24.9 Å². The number of carbonyl (C=O) groups excluding carboxylic acids is 3. The van der Waals surface area contributed by atoms with E-state index >= 15 is 0 Å². The van der Waals surface area contributed by atoms with Gasteiger partial charge < -0.3 is 21.5 Å². The molecular formula is C22H28N4O4S2. The number of thiophene rings is 1. The van der Waals surface area contributed by atoms with E-state index in [0.29, 0.717) is 15.6 Å². The lowest BCUT2D eigenvalue weighted by Gasteiger charge is -2.18. The van der Waals surface area contributed by atoms with Crippen LogP contribution < -0.4 is 16.8 Å². The molecule has 0 spiro atoms. The zero-order valence-electron chi connectivity index (χ0n) is 18.1. The topological polar surface area (TPSA) is 137 Å². The molecule has 1 fully saturated rings. The largest absolute Gasteiger partial charge is 0.465 e. The number of hydrogen-bond donors (Lipinski definition) is 3. The minimum atomic E-state index is -0.829. The van der Waals surface area contributed by atoms with Crippen molar-refractivity contribution in [2.75, 3.05) is 12.4 Å². The van der Waals surface area contributed by atoms with Crippen LogP contribution in [0.3, 0.4) is 0 Å². The van der Waals surface area contributed by atoms with Gasteiger partial charge in [0.1, 0.15) is 15.3 Å². The van der Waals surface area contributed by atoms with Gasteiger partial charge in [-0.15, -0.1) is 11.3 Å². The van der Waals surface area contributed by atoms with Crippen molar-refractivity contribution in [3.05, 3.63) is 27.3 Å². The van der Waals surface area contributed by atoms with Crippen LogP contribution in [-0.2, 0) is 27.2 Å². The van der Waals surface area contributed by atoms with E-state index in [-0.39, 0.29) is 17.3 Å². The molecule has 1 aromatic rings. The zero-order valence-corrected chi connectivity index (χ0v) is 19.7. The monoisotopic (exact) mass is 476 g/mol. The minimum Gasteiger partial charge on any atom is -0.465 e. The number of anilines is 1. The second-order valence-corrected chi connectivity index (χ2v) is 10.5. The third-order valence-corrected chi connectivity index (χ3v) is 8.61. The molecule has 1 atom stereocenters. The fraction of sp³-hybridized carbons (Fsp3) is 0.545. The Morgan fingerprint density at radius 1 is 1.09 bits per heavy atom. The molecule has 32 heavy (non-hydrogen) atoms. The normalized spacial score (nSPS) is 22.7. The SMILES string of the molecule is COC(=O)c1c(NC(=O)[C@@H]2SC(=NC3CCCCC3)C(C(N)=O)=C2N)sc2c1CCCC2. The van der Waals surface area contributed by atoms with E-state index in [1.807, 2.05) is 0 Å². The van der Waals surface area contributed by atoms with Crippen LogP contribution in [0.2, 0.25) is 0 Å². The number of fused-ring (bicyclic) bond motifs is 1. The molecule has 172 valence electrons. The van der Waals surface area contributed by atoms with Crippen LogP contribution in [0, 0.1) is 0 Å². The number of methoxy groups -OCH3 is 1. The average molecular weight is 477 g/mol. The maximum atomic E-state index is 13.2. The zero-order chi connectivity index (χ0) is 22.8. The van der Waals surface area contributed by atoms with Gasteiger partial charge in [0.05, 0.1) is 24.3 Å². The van der Waals surface area contributed by atoms with Gasteiger partial charge in [0.15, 0.2) is 0 Å². The van der Waals surface area contributed by atoms with Gasteiger partial charge in [0.2, 0.25) is 5.91 Å². The Morgan fingerprint density at radius 3 is 2.50 bits per heavy atom. The van der Waals surface area contributed by atoms with Crippen molar-refractivity contribution in [3.8, 4) is 0 Å². The molecule has 2 aliphatic carbocycles. The van der Waals surface area contributed by atoms with Gasteiger partial charge in [0.25, 0.3) is 5.91 Å². The van der Waals surface area contributed by atoms with Crippen LogP contribution in [-0.4, -0.2) is 41.2 Å². The summed E-state index contributed by atoms with van der Waals surface area (Å²) < 4.78 is 4.98. The molecule has 8 nitrogen and oxygen atoms in total. The molecule has 1 aromatic heterocycles. The molecule has 0 saturated heterocycles. The number of nitrogens with one attached hydrogen (secondary N) is 1. The van der Waals surface area contributed by atoms with E-state index in [9.17, 15) is 14.4 Å². The molecule has 10 heteroatoms. The Balaban J connectivity index is 1.60. The Hall–Kier alpha value is -2.33. The van der Waals surface area contributed by atoms with Crippen LogP contribution in [0.1, 0.15) is 65.7 Å².